The van der Waals surface area contributed by atoms with Crippen molar-refractivity contribution in [1.29, 1.82) is 0 Å². The van der Waals surface area contributed by atoms with Gasteiger partial charge < -0.3 is 32.9 Å². The van der Waals surface area contributed by atoms with Crippen molar-refractivity contribution in [2.75, 3.05) is 0 Å². The van der Waals surface area contributed by atoms with E-state index in [1.54, 1.807) is 0 Å². The van der Waals surface area contributed by atoms with Gasteiger partial charge in [0.25, 0.3) is 0 Å². The zero-order valence-electron chi connectivity index (χ0n) is 3.80. The van der Waals surface area contributed by atoms with Gasteiger partial charge in [-0.2, -0.15) is 0 Å². The van der Waals surface area contributed by atoms with Crippen molar-refractivity contribution in [3.8, 4) is 0 Å². The van der Waals surface area contributed by atoms with Crippen molar-refractivity contribution >= 4 is 37.7 Å². The van der Waals surface area contributed by atoms with E-state index in [-0.39, 0.29) is 93.0 Å². The Hall–Kier alpha value is 1.51. The van der Waals surface area contributed by atoms with Crippen LogP contribution in [0.1, 0.15) is 0 Å². The van der Waals surface area contributed by atoms with Gasteiger partial charge in [-0.05, 0) is 0 Å². The summed E-state index contributed by atoms with van der Waals surface area (Å²) in [6.07, 6.45) is 0. The fourth-order valence-electron chi connectivity index (χ4n) is 0. The molecule has 0 amide bonds. The average molecular weight is 354 g/mol. The Bertz CT molecular complexity index is 8.88. The fourth-order valence-corrected chi connectivity index (χ4v) is 0. The molecular formula is CaF7Ta. The standard InChI is InChI=1S/Ca.7FH.Ta/h;7*1H;/q+2;;;;;;;;+5/p-7. The van der Waals surface area contributed by atoms with Crippen LogP contribution in [0.15, 0.2) is 0 Å². The molecule has 0 aliphatic rings. The van der Waals surface area contributed by atoms with E-state index >= 15 is 0 Å². The molecule has 0 aromatic heterocycles. The summed E-state index contributed by atoms with van der Waals surface area (Å²) < 4.78 is 0. The summed E-state index contributed by atoms with van der Waals surface area (Å²) in [7, 11) is 0. The van der Waals surface area contributed by atoms with Crippen LogP contribution in [-0.4, -0.2) is 37.7 Å². The third kappa shape index (κ3) is 235. The molecule has 0 aromatic carbocycles. The van der Waals surface area contributed by atoms with E-state index in [4.69, 9.17) is 0 Å². The zero-order valence-corrected chi connectivity index (χ0v) is 9.22. The molecule has 0 radical (unpaired) electrons. The summed E-state index contributed by atoms with van der Waals surface area (Å²) in [5, 5.41) is 0. The smallest absolute Gasteiger partial charge is 1.00 e. The largest absolute Gasteiger partial charge is 5.00 e. The van der Waals surface area contributed by atoms with Gasteiger partial charge in [0, 0.05) is 0 Å². The molecule has 0 nitrogen and oxygen atoms in total. The van der Waals surface area contributed by atoms with E-state index in [1.807, 2.05) is 0 Å². The quantitative estimate of drug-likeness (QED) is 0.300. The van der Waals surface area contributed by atoms with Gasteiger partial charge in [-0.15, -0.1) is 0 Å². The van der Waals surface area contributed by atoms with Gasteiger partial charge in [0.15, 0.2) is 0 Å². The SMILES string of the molecule is [Ca+2].[F-].[F-].[F-].[F-].[F-].[F-].[F-].[Ta+5]. The van der Waals surface area contributed by atoms with Gasteiger partial charge in [0.05, 0.1) is 0 Å². The Morgan fingerprint density at radius 3 is 0.333 bits per heavy atom. The molecule has 0 aliphatic carbocycles. The van der Waals surface area contributed by atoms with Crippen LogP contribution in [0.2, 0.25) is 0 Å². The van der Waals surface area contributed by atoms with Crippen LogP contribution in [0.3, 0.4) is 0 Å². The molecule has 0 N–H and O–H groups in total. The van der Waals surface area contributed by atoms with E-state index < -0.39 is 0 Å². The monoisotopic (exact) mass is 354 g/mol. The van der Waals surface area contributed by atoms with Gasteiger partial charge >= 0.3 is 60.1 Å². The summed E-state index contributed by atoms with van der Waals surface area (Å²) in [5.41, 5.74) is 0. The van der Waals surface area contributed by atoms with Crippen molar-refractivity contribution in [3.05, 3.63) is 0 Å². The number of halogens is 7. The van der Waals surface area contributed by atoms with Gasteiger partial charge in [0.1, 0.15) is 0 Å². The Balaban J connectivity index is 0. The fraction of sp³-hybridized carbons (Fsp3) is 0. The molecule has 0 atom stereocenters. The Morgan fingerprint density at radius 1 is 0.333 bits per heavy atom. The molecule has 0 fully saturated rings. The van der Waals surface area contributed by atoms with E-state index in [0.29, 0.717) is 0 Å². The van der Waals surface area contributed by atoms with Crippen LogP contribution in [0.4, 0.5) is 0 Å². The zero-order chi connectivity index (χ0) is 0. The second-order valence-corrected chi connectivity index (χ2v) is 0. The minimum absolute atomic E-state index is 0. The molecule has 9 heteroatoms. The van der Waals surface area contributed by atoms with E-state index in [2.05, 4.69) is 0 Å². The molecule has 9 heavy (non-hydrogen) atoms. The van der Waals surface area contributed by atoms with Gasteiger partial charge in [-0.3, -0.25) is 0 Å². The van der Waals surface area contributed by atoms with Crippen LogP contribution in [0.25, 0.3) is 0 Å². The topological polar surface area (TPSA) is 0 Å². The van der Waals surface area contributed by atoms with Crippen molar-refractivity contribution in [2.45, 2.75) is 0 Å². The van der Waals surface area contributed by atoms with Crippen LogP contribution >= 0.6 is 0 Å². The summed E-state index contributed by atoms with van der Waals surface area (Å²) in [5.74, 6) is 0. The first kappa shape index (κ1) is 417. The number of hydrogen-bond acceptors (Lipinski definition) is 0. The van der Waals surface area contributed by atoms with Crippen molar-refractivity contribution < 1.29 is 55.3 Å². The van der Waals surface area contributed by atoms with Gasteiger partial charge in [-0.1, -0.05) is 0 Å². The van der Waals surface area contributed by atoms with Crippen LogP contribution in [-0.2, 0) is 22.4 Å². The maximum Gasteiger partial charge on any atom is 5.00 e. The first-order chi connectivity index (χ1) is 0. The molecule has 0 bridgehead atoms. The molecule has 0 saturated heterocycles. The van der Waals surface area contributed by atoms with Crippen molar-refractivity contribution in [2.24, 2.45) is 0 Å². The molecule has 0 heterocycles. The number of hydrogen-bond donors (Lipinski definition) is 0. The van der Waals surface area contributed by atoms with Crippen LogP contribution in [0, 0.1) is 0 Å². The molecule has 0 rings (SSSR count). The summed E-state index contributed by atoms with van der Waals surface area (Å²) in [4.78, 5) is 0. The summed E-state index contributed by atoms with van der Waals surface area (Å²) in [6.45, 7) is 0. The Morgan fingerprint density at radius 2 is 0.333 bits per heavy atom. The molecule has 0 aliphatic heterocycles. The third-order valence-electron chi connectivity index (χ3n) is 0. The van der Waals surface area contributed by atoms with Crippen molar-refractivity contribution in [1.82, 2.24) is 0 Å². The normalized spacial score (nSPS) is 0. The second-order valence-electron chi connectivity index (χ2n) is 0. The second kappa shape index (κ2) is 302. The maximum absolute atomic E-state index is 0. The average Bonchev–Trinajstić information content (AvgIpc) is 0. The number of rotatable bonds is 0. The maximum atomic E-state index is 0. The first-order valence-electron chi connectivity index (χ1n) is 0. The van der Waals surface area contributed by atoms with Crippen molar-refractivity contribution in [3.63, 3.8) is 0 Å². The minimum Gasteiger partial charge on any atom is -1.00 e. The van der Waals surface area contributed by atoms with Gasteiger partial charge in [-0.25, -0.2) is 0 Å². The van der Waals surface area contributed by atoms with E-state index in [0.717, 1.165) is 0 Å². The molecule has 0 saturated carbocycles. The predicted molar refractivity (Wildman–Crippen MR) is 5.75 cm³/mol. The van der Waals surface area contributed by atoms with E-state index in [9.17, 15) is 0 Å². The summed E-state index contributed by atoms with van der Waals surface area (Å²) in [6, 6.07) is 0. The van der Waals surface area contributed by atoms with Gasteiger partial charge in [0.2, 0.25) is 0 Å². The molecule has 0 aromatic rings. The minimum atomic E-state index is 0. The molecule has 0 unspecified atom stereocenters. The molecular weight excluding hydrogens is 354 g/mol. The predicted octanol–water partition coefficient (Wildman–Crippen LogP) is -21.4. The molecule has 0 spiro atoms. The van der Waals surface area contributed by atoms with E-state index in [1.165, 1.54) is 0 Å². The van der Waals surface area contributed by atoms with Crippen LogP contribution < -0.4 is 32.9 Å². The Kier molecular flexibility index (Phi) is 14000. The third-order valence-corrected chi connectivity index (χ3v) is 0. The first-order valence-corrected chi connectivity index (χ1v) is 0. The molecule has 56 valence electrons. The van der Waals surface area contributed by atoms with Crippen LogP contribution in [0.5, 0.6) is 0 Å². The summed E-state index contributed by atoms with van der Waals surface area (Å²) >= 11 is 0. The Labute approximate surface area is 92.2 Å².